The Morgan fingerprint density at radius 2 is 1.57 bits per heavy atom. The first-order chi connectivity index (χ1) is 9.97. The van der Waals surface area contributed by atoms with Gasteiger partial charge in [-0.05, 0) is 37.1 Å². The van der Waals surface area contributed by atoms with Gasteiger partial charge in [-0.15, -0.1) is 0 Å². The Bertz CT molecular complexity index is 647. The monoisotopic (exact) mass is 345 g/mol. The van der Waals surface area contributed by atoms with E-state index in [9.17, 15) is 9.59 Å². The fourth-order valence-electron chi connectivity index (χ4n) is 2.12. The normalized spacial score (nSPS) is 11.8. The molecule has 0 saturated carbocycles. The Balaban J connectivity index is 2.11. The van der Waals surface area contributed by atoms with Crippen LogP contribution in [0.2, 0.25) is 0 Å². The number of aryl methyl sites for hydroxylation is 2. The van der Waals surface area contributed by atoms with Crippen molar-refractivity contribution in [3.8, 4) is 0 Å². The first-order valence-electron chi connectivity index (χ1n) is 6.60. The summed E-state index contributed by atoms with van der Waals surface area (Å²) in [7, 11) is 0. The van der Waals surface area contributed by atoms with E-state index in [1.165, 1.54) is 0 Å². The third-order valence-electron chi connectivity index (χ3n) is 3.01. The average molecular weight is 346 g/mol. The lowest BCUT2D eigenvalue weighted by atomic mass is 10.1. The molecule has 1 atom stereocenters. The standard InChI is InChI=1S/C17H16BrNO2/c1-11-8-12(2)10-14(9-11)19-17(21)15(18)16(20)13-6-4-3-5-7-13/h3-10,15H,1-2H3,(H,19,21). The molecule has 0 heterocycles. The lowest BCUT2D eigenvalue weighted by Gasteiger charge is -2.11. The zero-order valence-electron chi connectivity index (χ0n) is 11.9. The smallest absolute Gasteiger partial charge is 0.246 e. The molecule has 0 saturated heterocycles. The van der Waals surface area contributed by atoms with E-state index in [2.05, 4.69) is 21.2 Å². The molecule has 0 aliphatic heterocycles. The van der Waals surface area contributed by atoms with E-state index in [1.54, 1.807) is 24.3 Å². The van der Waals surface area contributed by atoms with Gasteiger partial charge in [-0.2, -0.15) is 0 Å². The van der Waals surface area contributed by atoms with Gasteiger partial charge in [0, 0.05) is 11.3 Å². The van der Waals surface area contributed by atoms with Crippen LogP contribution in [0.3, 0.4) is 0 Å². The van der Waals surface area contributed by atoms with Crippen LogP contribution in [0, 0.1) is 13.8 Å². The first-order valence-corrected chi connectivity index (χ1v) is 7.51. The fraction of sp³-hybridized carbons (Fsp3) is 0.176. The molecule has 3 nitrogen and oxygen atoms in total. The molecule has 2 aromatic rings. The molecule has 0 aromatic heterocycles. The highest BCUT2D eigenvalue weighted by Crippen LogP contribution is 2.17. The summed E-state index contributed by atoms with van der Waals surface area (Å²) in [6, 6.07) is 14.5. The van der Waals surface area contributed by atoms with Gasteiger partial charge in [-0.3, -0.25) is 9.59 Å². The number of hydrogen-bond acceptors (Lipinski definition) is 2. The van der Waals surface area contributed by atoms with Crippen LogP contribution in [0.1, 0.15) is 21.5 Å². The molecule has 4 heteroatoms. The Morgan fingerprint density at radius 3 is 2.14 bits per heavy atom. The number of hydrogen-bond donors (Lipinski definition) is 1. The molecule has 0 bridgehead atoms. The van der Waals surface area contributed by atoms with Crippen molar-refractivity contribution in [2.45, 2.75) is 18.7 Å². The second kappa shape index (κ2) is 6.68. The van der Waals surface area contributed by atoms with Gasteiger partial charge >= 0.3 is 0 Å². The molecule has 1 unspecified atom stereocenters. The number of Topliss-reactive ketones (excluding diaryl/α,β-unsaturated/α-hetero) is 1. The fourth-order valence-corrected chi connectivity index (χ4v) is 2.50. The molecule has 0 spiro atoms. The third-order valence-corrected chi connectivity index (χ3v) is 3.84. The van der Waals surface area contributed by atoms with Crippen LogP contribution in [-0.2, 0) is 4.79 Å². The summed E-state index contributed by atoms with van der Waals surface area (Å²) in [5.74, 6) is -0.619. The molecule has 2 aromatic carbocycles. The number of amides is 1. The highest BCUT2D eigenvalue weighted by molar-refractivity contribution is 9.10. The maximum Gasteiger partial charge on any atom is 0.246 e. The number of halogens is 1. The number of rotatable bonds is 4. The summed E-state index contributed by atoms with van der Waals surface area (Å²) in [4.78, 5) is 23.5. The van der Waals surface area contributed by atoms with Gasteiger partial charge in [0.15, 0.2) is 10.6 Å². The number of carbonyl (C=O) groups is 2. The number of carbonyl (C=O) groups excluding carboxylic acids is 2. The van der Waals surface area contributed by atoms with Crippen molar-refractivity contribution >= 4 is 33.3 Å². The van der Waals surface area contributed by atoms with Gasteiger partial charge in [-0.25, -0.2) is 0 Å². The van der Waals surface area contributed by atoms with Crippen molar-refractivity contribution in [2.24, 2.45) is 0 Å². The molecule has 0 aliphatic carbocycles. The van der Waals surface area contributed by atoms with Crippen molar-refractivity contribution in [3.63, 3.8) is 0 Å². The SMILES string of the molecule is Cc1cc(C)cc(NC(=O)C(Br)C(=O)c2ccccc2)c1. The largest absolute Gasteiger partial charge is 0.325 e. The van der Waals surface area contributed by atoms with Crippen molar-refractivity contribution in [2.75, 3.05) is 5.32 Å². The van der Waals surface area contributed by atoms with Gasteiger partial charge in [0.2, 0.25) is 5.91 Å². The summed E-state index contributed by atoms with van der Waals surface area (Å²) in [6.07, 6.45) is 0. The number of anilines is 1. The molecule has 1 N–H and O–H groups in total. The summed E-state index contributed by atoms with van der Waals surface area (Å²) in [5, 5.41) is 2.77. The molecule has 0 radical (unpaired) electrons. The quantitative estimate of drug-likeness (QED) is 0.519. The van der Waals surface area contributed by atoms with E-state index >= 15 is 0 Å². The van der Waals surface area contributed by atoms with Crippen LogP contribution in [0.4, 0.5) is 5.69 Å². The molecule has 108 valence electrons. The molecule has 0 fully saturated rings. The lowest BCUT2D eigenvalue weighted by molar-refractivity contribution is -0.114. The number of ketones is 1. The lowest BCUT2D eigenvalue weighted by Crippen LogP contribution is -2.30. The minimum atomic E-state index is -0.902. The maximum absolute atomic E-state index is 12.2. The van der Waals surface area contributed by atoms with Crippen molar-refractivity contribution in [3.05, 3.63) is 65.2 Å². The van der Waals surface area contributed by atoms with Crippen molar-refractivity contribution in [1.82, 2.24) is 0 Å². The minimum absolute atomic E-state index is 0.252. The van der Waals surface area contributed by atoms with E-state index in [1.807, 2.05) is 38.1 Å². The highest BCUT2D eigenvalue weighted by atomic mass is 79.9. The number of benzene rings is 2. The summed E-state index contributed by atoms with van der Waals surface area (Å²) in [5.41, 5.74) is 3.33. The van der Waals surface area contributed by atoms with Crippen LogP contribution in [0.5, 0.6) is 0 Å². The maximum atomic E-state index is 12.2. The molecule has 1 amide bonds. The van der Waals surface area contributed by atoms with Gasteiger partial charge in [0.05, 0.1) is 0 Å². The molecular weight excluding hydrogens is 330 g/mol. The summed E-state index contributed by atoms with van der Waals surface area (Å²) < 4.78 is 0. The van der Waals surface area contributed by atoms with Crippen LogP contribution in [-0.4, -0.2) is 16.5 Å². The first kappa shape index (κ1) is 15.4. The van der Waals surface area contributed by atoms with Gasteiger partial charge < -0.3 is 5.32 Å². The van der Waals surface area contributed by atoms with E-state index < -0.39 is 4.83 Å². The Hall–Kier alpha value is -1.94. The summed E-state index contributed by atoms with van der Waals surface area (Å²) in [6.45, 7) is 3.92. The molecule has 2 rings (SSSR count). The highest BCUT2D eigenvalue weighted by Gasteiger charge is 2.24. The second-order valence-electron chi connectivity index (χ2n) is 4.96. The van der Waals surface area contributed by atoms with Gasteiger partial charge in [0.25, 0.3) is 0 Å². The van der Waals surface area contributed by atoms with E-state index in [0.29, 0.717) is 11.3 Å². The average Bonchev–Trinajstić information content (AvgIpc) is 2.45. The van der Waals surface area contributed by atoms with Crippen molar-refractivity contribution < 1.29 is 9.59 Å². The molecule has 21 heavy (non-hydrogen) atoms. The summed E-state index contributed by atoms with van der Waals surface area (Å²) >= 11 is 3.18. The number of nitrogens with one attached hydrogen (secondary N) is 1. The number of alkyl halides is 1. The van der Waals surface area contributed by atoms with Gasteiger partial charge in [-0.1, -0.05) is 52.3 Å². The Labute approximate surface area is 132 Å². The predicted octanol–water partition coefficient (Wildman–Crippen LogP) is 3.89. The van der Waals surface area contributed by atoms with E-state index in [-0.39, 0.29) is 11.7 Å². The second-order valence-corrected chi connectivity index (χ2v) is 5.87. The van der Waals surface area contributed by atoms with E-state index in [0.717, 1.165) is 11.1 Å². The Morgan fingerprint density at radius 1 is 1.00 bits per heavy atom. The minimum Gasteiger partial charge on any atom is -0.325 e. The zero-order chi connectivity index (χ0) is 15.4. The topological polar surface area (TPSA) is 46.2 Å². The van der Waals surface area contributed by atoms with Crippen LogP contribution >= 0.6 is 15.9 Å². The van der Waals surface area contributed by atoms with Crippen LogP contribution in [0.15, 0.2) is 48.5 Å². The molecular formula is C17H16BrNO2. The van der Waals surface area contributed by atoms with Crippen LogP contribution in [0.25, 0.3) is 0 Å². The predicted molar refractivity (Wildman–Crippen MR) is 88.0 cm³/mol. The van der Waals surface area contributed by atoms with E-state index in [4.69, 9.17) is 0 Å². The Kier molecular flexibility index (Phi) is 4.91. The zero-order valence-corrected chi connectivity index (χ0v) is 13.5. The van der Waals surface area contributed by atoms with Crippen LogP contribution < -0.4 is 5.32 Å². The van der Waals surface area contributed by atoms with Gasteiger partial charge in [0.1, 0.15) is 0 Å². The third kappa shape index (κ3) is 4.02. The molecule has 0 aliphatic rings. The van der Waals surface area contributed by atoms with Crippen molar-refractivity contribution in [1.29, 1.82) is 0 Å².